The zero-order chi connectivity index (χ0) is 13.4. The third kappa shape index (κ3) is 12.8. The summed E-state index contributed by atoms with van der Waals surface area (Å²) in [5.41, 5.74) is 0.662. The molecule has 0 fully saturated rings. The molecule has 2 aromatic rings. The molecule has 0 aliphatic carbocycles. The lowest BCUT2D eigenvalue weighted by atomic mass is 10.2. The predicted molar refractivity (Wildman–Crippen MR) is 100 cm³/mol. The van der Waals surface area contributed by atoms with E-state index in [1.54, 1.807) is 60.7 Å². The number of hydrogen-bond acceptors (Lipinski definition) is 2. The normalized spacial score (nSPS) is 6.96. The minimum atomic E-state index is -0.879. The van der Waals surface area contributed by atoms with Gasteiger partial charge in [0.15, 0.2) is 0 Å². The van der Waals surface area contributed by atoms with E-state index in [9.17, 15) is 9.59 Å². The fourth-order valence-corrected chi connectivity index (χ4v) is 1.16. The van der Waals surface area contributed by atoms with Crippen LogP contribution in [0.1, 0.15) is 57.8 Å². The summed E-state index contributed by atoms with van der Waals surface area (Å²) in [7, 11) is 0. The van der Waals surface area contributed by atoms with Crippen LogP contribution in [0, 0.1) is 0 Å². The first-order valence-electron chi connectivity index (χ1n) is 5.18. The van der Waals surface area contributed by atoms with Crippen LogP contribution in [0.25, 0.3) is 0 Å². The lowest BCUT2D eigenvalue weighted by Crippen LogP contribution is -1.93. The van der Waals surface area contributed by atoms with Gasteiger partial charge in [-0.25, -0.2) is 9.59 Å². The Balaban J connectivity index is -0.0000000771. The fourth-order valence-electron chi connectivity index (χ4n) is 1.16. The van der Waals surface area contributed by atoms with Crippen LogP contribution in [-0.4, -0.2) is 22.2 Å². The monoisotopic (exact) mass is 324 g/mol. The zero-order valence-corrected chi connectivity index (χ0v) is 9.48. The molecular weight excluding hydrogens is 292 g/mol. The van der Waals surface area contributed by atoms with E-state index in [2.05, 4.69) is 0 Å². The van der Waals surface area contributed by atoms with Crippen molar-refractivity contribution in [3.8, 4) is 0 Å². The standard InChI is InChI=1S/2C7H6O2.5CH4/c2*8-7(9)6-4-2-1-3-5-6;;;;;/h2*1-5H,(H,8,9);5*1H4. The Kier molecular flexibility index (Phi) is 24.5. The van der Waals surface area contributed by atoms with Crippen molar-refractivity contribution in [2.75, 3.05) is 0 Å². The SMILES string of the molecule is C.C.C.C.C.O=C(O)c1ccccc1.O=C(O)c1ccccc1. The Morgan fingerprint density at radius 3 is 0.870 bits per heavy atom. The van der Waals surface area contributed by atoms with Crippen LogP contribution in [0.3, 0.4) is 0 Å². The number of carboxylic acid groups (broad SMARTS) is 2. The van der Waals surface area contributed by atoms with Gasteiger partial charge in [0, 0.05) is 0 Å². The molecule has 0 spiro atoms. The predicted octanol–water partition coefficient (Wildman–Crippen LogP) is 5.95. The van der Waals surface area contributed by atoms with Crippen molar-refractivity contribution in [2.45, 2.75) is 37.1 Å². The van der Waals surface area contributed by atoms with Crippen molar-refractivity contribution in [1.82, 2.24) is 0 Å². The summed E-state index contributed by atoms with van der Waals surface area (Å²) < 4.78 is 0. The van der Waals surface area contributed by atoms with Gasteiger partial charge in [0.2, 0.25) is 0 Å². The summed E-state index contributed by atoms with van der Waals surface area (Å²) in [5, 5.41) is 16.8. The average molecular weight is 324 g/mol. The van der Waals surface area contributed by atoms with Crippen LogP contribution in [0.5, 0.6) is 0 Å². The minimum absolute atomic E-state index is 0. The molecule has 0 aliphatic heterocycles. The summed E-state index contributed by atoms with van der Waals surface area (Å²) in [6.07, 6.45) is 0. The Hall–Kier alpha value is -2.62. The second kappa shape index (κ2) is 17.4. The maximum Gasteiger partial charge on any atom is 0.335 e. The van der Waals surface area contributed by atoms with Gasteiger partial charge in [-0.15, -0.1) is 0 Å². The molecule has 0 amide bonds. The molecule has 2 aromatic carbocycles. The fraction of sp³-hybridized carbons (Fsp3) is 0.263. The van der Waals surface area contributed by atoms with Crippen molar-refractivity contribution in [1.29, 1.82) is 0 Å². The first kappa shape index (κ1) is 32.4. The number of aromatic carboxylic acids is 2. The third-order valence-electron chi connectivity index (χ3n) is 2.04. The Labute approximate surface area is 141 Å². The molecule has 2 rings (SSSR count). The van der Waals surface area contributed by atoms with Crippen LogP contribution >= 0.6 is 0 Å². The van der Waals surface area contributed by atoms with Gasteiger partial charge in [0.05, 0.1) is 11.1 Å². The molecule has 0 heterocycles. The first-order valence-corrected chi connectivity index (χ1v) is 5.18. The summed E-state index contributed by atoms with van der Waals surface area (Å²) in [6, 6.07) is 16.6. The van der Waals surface area contributed by atoms with E-state index in [4.69, 9.17) is 10.2 Å². The molecule has 0 radical (unpaired) electrons. The van der Waals surface area contributed by atoms with Crippen LogP contribution < -0.4 is 0 Å². The van der Waals surface area contributed by atoms with Crippen LogP contribution in [0.2, 0.25) is 0 Å². The smallest absolute Gasteiger partial charge is 0.335 e. The number of rotatable bonds is 2. The highest BCUT2D eigenvalue weighted by atomic mass is 16.4. The van der Waals surface area contributed by atoms with E-state index in [1.807, 2.05) is 0 Å². The maximum atomic E-state index is 10.2. The van der Waals surface area contributed by atoms with Gasteiger partial charge in [0.25, 0.3) is 0 Å². The number of hydrogen-bond donors (Lipinski definition) is 2. The average Bonchev–Trinajstić information content (AvgIpc) is 2.41. The van der Waals surface area contributed by atoms with Crippen LogP contribution in [0.15, 0.2) is 60.7 Å². The van der Waals surface area contributed by atoms with E-state index in [-0.39, 0.29) is 37.1 Å². The van der Waals surface area contributed by atoms with E-state index < -0.39 is 11.9 Å². The van der Waals surface area contributed by atoms with Gasteiger partial charge in [-0.3, -0.25) is 0 Å². The van der Waals surface area contributed by atoms with Gasteiger partial charge in [-0.05, 0) is 24.3 Å². The topological polar surface area (TPSA) is 74.6 Å². The second-order valence-electron chi connectivity index (χ2n) is 3.34. The van der Waals surface area contributed by atoms with E-state index in [0.717, 1.165) is 0 Å². The van der Waals surface area contributed by atoms with E-state index in [0.29, 0.717) is 11.1 Å². The highest BCUT2D eigenvalue weighted by Gasteiger charge is 1.97. The minimum Gasteiger partial charge on any atom is -0.478 e. The quantitative estimate of drug-likeness (QED) is 0.715. The Bertz CT molecular complexity index is 458. The van der Waals surface area contributed by atoms with Gasteiger partial charge in [0.1, 0.15) is 0 Å². The molecule has 0 bridgehead atoms. The molecule has 132 valence electrons. The molecule has 23 heavy (non-hydrogen) atoms. The van der Waals surface area contributed by atoms with Crippen molar-refractivity contribution in [2.24, 2.45) is 0 Å². The van der Waals surface area contributed by atoms with E-state index >= 15 is 0 Å². The van der Waals surface area contributed by atoms with Crippen LogP contribution in [0.4, 0.5) is 0 Å². The highest BCUT2D eigenvalue weighted by Crippen LogP contribution is 1.96. The zero-order valence-electron chi connectivity index (χ0n) is 9.48. The molecule has 4 heteroatoms. The number of carboxylic acids is 2. The van der Waals surface area contributed by atoms with Gasteiger partial charge >= 0.3 is 11.9 Å². The van der Waals surface area contributed by atoms with Crippen molar-refractivity contribution >= 4 is 11.9 Å². The molecule has 0 saturated heterocycles. The Morgan fingerprint density at radius 2 is 0.739 bits per heavy atom. The molecule has 0 aliphatic rings. The Morgan fingerprint density at radius 1 is 0.522 bits per heavy atom. The molecule has 0 unspecified atom stereocenters. The van der Waals surface area contributed by atoms with Crippen LogP contribution in [-0.2, 0) is 0 Å². The van der Waals surface area contributed by atoms with Gasteiger partial charge in [-0.1, -0.05) is 73.5 Å². The third-order valence-corrected chi connectivity index (χ3v) is 2.04. The van der Waals surface area contributed by atoms with Crippen molar-refractivity contribution in [3.05, 3.63) is 71.8 Å². The number of benzene rings is 2. The highest BCUT2D eigenvalue weighted by molar-refractivity contribution is 5.87. The molecule has 0 saturated carbocycles. The summed E-state index contributed by atoms with van der Waals surface area (Å²) in [5.74, 6) is -1.76. The summed E-state index contributed by atoms with van der Waals surface area (Å²) in [4.78, 5) is 20.4. The summed E-state index contributed by atoms with van der Waals surface area (Å²) in [6.45, 7) is 0. The first-order chi connectivity index (χ1) is 8.61. The van der Waals surface area contributed by atoms with E-state index in [1.165, 1.54) is 0 Å². The maximum absolute atomic E-state index is 10.2. The van der Waals surface area contributed by atoms with Crippen molar-refractivity contribution in [3.63, 3.8) is 0 Å². The lowest BCUT2D eigenvalue weighted by molar-refractivity contribution is 0.0686. The second-order valence-corrected chi connectivity index (χ2v) is 3.34. The largest absolute Gasteiger partial charge is 0.478 e. The molecular formula is C19H32O4. The lowest BCUT2D eigenvalue weighted by Gasteiger charge is -1.88. The molecule has 2 N–H and O–H groups in total. The summed E-state index contributed by atoms with van der Waals surface area (Å²) >= 11 is 0. The molecule has 4 nitrogen and oxygen atoms in total. The number of carbonyl (C=O) groups is 2. The van der Waals surface area contributed by atoms with Crippen molar-refractivity contribution < 1.29 is 19.8 Å². The van der Waals surface area contributed by atoms with Gasteiger partial charge < -0.3 is 10.2 Å². The van der Waals surface area contributed by atoms with Gasteiger partial charge in [-0.2, -0.15) is 0 Å². The molecule has 0 aromatic heterocycles. The molecule has 0 atom stereocenters.